The molecule has 3 heterocycles. The van der Waals surface area contributed by atoms with Gasteiger partial charge < -0.3 is 9.80 Å². The molecule has 2 fully saturated rings. The maximum atomic E-state index is 13.3. The summed E-state index contributed by atoms with van der Waals surface area (Å²) in [5.41, 5.74) is 2.51. The molecule has 3 unspecified atom stereocenters. The lowest BCUT2D eigenvalue weighted by molar-refractivity contribution is -0.137. The zero-order valence-electron chi connectivity index (χ0n) is 15.3. The number of pyridine rings is 1. The molecule has 3 atom stereocenters. The highest BCUT2D eigenvalue weighted by molar-refractivity contribution is 5.80. The van der Waals surface area contributed by atoms with Crippen LogP contribution in [0.1, 0.15) is 24.0 Å². The summed E-state index contributed by atoms with van der Waals surface area (Å²) < 4.78 is 0. The van der Waals surface area contributed by atoms with Crippen LogP contribution < -0.4 is 0 Å². The van der Waals surface area contributed by atoms with Crippen molar-refractivity contribution in [2.24, 2.45) is 11.8 Å². The van der Waals surface area contributed by atoms with Crippen LogP contribution in [0.25, 0.3) is 0 Å². The summed E-state index contributed by atoms with van der Waals surface area (Å²) in [7, 11) is 0. The fourth-order valence-electron chi connectivity index (χ4n) is 4.39. The van der Waals surface area contributed by atoms with E-state index in [0.29, 0.717) is 18.4 Å². The number of hydrogen-bond acceptors (Lipinski definition) is 3. The van der Waals surface area contributed by atoms with E-state index in [0.717, 1.165) is 38.0 Å². The standard InChI is InChI=1S/C22H27N3O/c26-22(21-17-24-14-10-20(21)16-24)25(15-19-8-11-23-12-9-19)13-4-7-18-5-2-1-3-6-18/h1-3,5-6,8-9,11-12,20-21H,4,7,10,13-17H2. The van der Waals surface area contributed by atoms with E-state index < -0.39 is 0 Å². The molecule has 0 saturated carbocycles. The van der Waals surface area contributed by atoms with Gasteiger partial charge in [0.05, 0.1) is 5.92 Å². The highest BCUT2D eigenvalue weighted by Crippen LogP contribution is 2.34. The van der Waals surface area contributed by atoms with E-state index in [-0.39, 0.29) is 5.92 Å². The molecular formula is C22H27N3O. The second-order valence-electron chi connectivity index (χ2n) is 7.62. The first kappa shape index (κ1) is 17.2. The molecule has 26 heavy (non-hydrogen) atoms. The fraction of sp³-hybridized carbons (Fsp3) is 0.455. The number of piperidine rings is 1. The molecule has 2 bridgehead atoms. The Bertz CT molecular complexity index is 719. The molecule has 136 valence electrons. The van der Waals surface area contributed by atoms with Crippen LogP contribution in [0, 0.1) is 11.8 Å². The van der Waals surface area contributed by atoms with Gasteiger partial charge in [0.1, 0.15) is 0 Å². The number of carbonyl (C=O) groups is 1. The summed E-state index contributed by atoms with van der Waals surface area (Å²) >= 11 is 0. The second kappa shape index (κ2) is 8.00. The van der Waals surface area contributed by atoms with E-state index in [1.165, 1.54) is 18.5 Å². The van der Waals surface area contributed by atoms with Crippen molar-refractivity contribution < 1.29 is 4.79 Å². The first-order valence-corrected chi connectivity index (χ1v) is 9.73. The quantitative estimate of drug-likeness (QED) is 0.771. The van der Waals surface area contributed by atoms with Crippen LogP contribution in [0.15, 0.2) is 54.9 Å². The molecular weight excluding hydrogens is 322 g/mol. The number of benzene rings is 1. The first-order valence-electron chi connectivity index (χ1n) is 9.73. The van der Waals surface area contributed by atoms with E-state index >= 15 is 0 Å². The van der Waals surface area contributed by atoms with Gasteiger partial charge in [-0.25, -0.2) is 0 Å². The van der Waals surface area contributed by atoms with Gasteiger partial charge in [0.15, 0.2) is 0 Å². The van der Waals surface area contributed by atoms with Gasteiger partial charge in [0.2, 0.25) is 5.91 Å². The summed E-state index contributed by atoms with van der Waals surface area (Å²) in [4.78, 5) is 21.9. The van der Waals surface area contributed by atoms with E-state index in [1.54, 1.807) is 0 Å². The SMILES string of the molecule is O=C(C1CN2CCC1C2)N(CCCc1ccccc1)Cc1ccncc1. The average molecular weight is 349 g/mol. The van der Waals surface area contributed by atoms with Crippen molar-refractivity contribution >= 4 is 5.91 Å². The van der Waals surface area contributed by atoms with Crippen LogP contribution in [0.3, 0.4) is 0 Å². The first-order chi connectivity index (χ1) is 12.8. The number of nitrogens with zero attached hydrogens (tertiary/aromatic N) is 3. The number of rotatable bonds is 7. The van der Waals surface area contributed by atoms with Crippen LogP contribution in [-0.4, -0.2) is 46.9 Å². The van der Waals surface area contributed by atoms with Gasteiger partial charge >= 0.3 is 0 Å². The summed E-state index contributed by atoms with van der Waals surface area (Å²) in [5, 5.41) is 0. The van der Waals surface area contributed by atoms with Gasteiger partial charge in [0, 0.05) is 38.6 Å². The smallest absolute Gasteiger partial charge is 0.227 e. The third-order valence-electron chi connectivity index (χ3n) is 5.82. The van der Waals surface area contributed by atoms with E-state index in [2.05, 4.69) is 39.0 Å². The predicted molar refractivity (Wildman–Crippen MR) is 102 cm³/mol. The van der Waals surface area contributed by atoms with Gasteiger partial charge in [-0.15, -0.1) is 0 Å². The van der Waals surface area contributed by atoms with Crippen molar-refractivity contribution in [2.45, 2.75) is 25.8 Å². The molecule has 4 heteroatoms. The normalized spacial score (nSPS) is 23.9. The highest BCUT2D eigenvalue weighted by atomic mass is 16.2. The Hall–Kier alpha value is -2.20. The predicted octanol–water partition coefficient (Wildman–Crippen LogP) is 2.99. The zero-order valence-corrected chi connectivity index (χ0v) is 15.3. The minimum absolute atomic E-state index is 0.197. The Labute approximate surface area is 155 Å². The molecule has 2 aromatic rings. The van der Waals surface area contributed by atoms with Crippen molar-refractivity contribution in [3.8, 4) is 0 Å². The molecule has 0 aliphatic carbocycles. The van der Waals surface area contributed by atoms with Gasteiger partial charge in [-0.3, -0.25) is 9.78 Å². The number of aromatic nitrogens is 1. The van der Waals surface area contributed by atoms with Gasteiger partial charge in [-0.2, -0.15) is 0 Å². The Morgan fingerprint density at radius 1 is 1.08 bits per heavy atom. The second-order valence-corrected chi connectivity index (χ2v) is 7.62. The number of fused-ring (bicyclic) bond motifs is 2. The molecule has 0 spiro atoms. The number of amides is 1. The monoisotopic (exact) mass is 349 g/mol. The number of carbonyl (C=O) groups excluding carboxylic acids is 1. The van der Waals surface area contributed by atoms with Crippen LogP contribution >= 0.6 is 0 Å². The van der Waals surface area contributed by atoms with E-state index in [1.807, 2.05) is 30.6 Å². The Kier molecular flexibility index (Phi) is 5.30. The highest BCUT2D eigenvalue weighted by Gasteiger charge is 2.43. The van der Waals surface area contributed by atoms with Gasteiger partial charge in [-0.05, 0) is 55.0 Å². The third-order valence-corrected chi connectivity index (χ3v) is 5.82. The molecule has 0 radical (unpaired) electrons. The van der Waals surface area contributed by atoms with Crippen molar-refractivity contribution in [1.82, 2.24) is 14.8 Å². The van der Waals surface area contributed by atoms with E-state index in [4.69, 9.17) is 0 Å². The lowest BCUT2D eigenvalue weighted by atomic mass is 9.91. The third kappa shape index (κ3) is 3.96. The minimum atomic E-state index is 0.197. The molecule has 0 N–H and O–H groups in total. The summed E-state index contributed by atoms with van der Waals surface area (Å²) in [6.07, 6.45) is 6.82. The van der Waals surface area contributed by atoms with Crippen molar-refractivity contribution in [1.29, 1.82) is 0 Å². The largest absolute Gasteiger partial charge is 0.338 e. The van der Waals surface area contributed by atoms with E-state index in [9.17, 15) is 4.79 Å². The molecule has 4 nitrogen and oxygen atoms in total. The average Bonchev–Trinajstić information content (AvgIpc) is 3.32. The summed E-state index contributed by atoms with van der Waals surface area (Å²) in [5.74, 6) is 1.11. The number of hydrogen-bond donors (Lipinski definition) is 0. The maximum absolute atomic E-state index is 13.3. The zero-order chi connectivity index (χ0) is 17.8. The topological polar surface area (TPSA) is 36.4 Å². The molecule has 4 rings (SSSR count). The van der Waals surface area contributed by atoms with Crippen molar-refractivity contribution in [2.75, 3.05) is 26.2 Å². The molecule has 1 aromatic carbocycles. The van der Waals surface area contributed by atoms with Gasteiger partial charge in [0.25, 0.3) is 0 Å². The van der Waals surface area contributed by atoms with Crippen LogP contribution in [0.4, 0.5) is 0 Å². The Morgan fingerprint density at radius 3 is 2.58 bits per heavy atom. The minimum Gasteiger partial charge on any atom is -0.338 e. The lowest BCUT2D eigenvalue weighted by Crippen LogP contribution is -2.41. The summed E-state index contributed by atoms with van der Waals surface area (Å²) in [6.45, 7) is 4.75. The van der Waals surface area contributed by atoms with Gasteiger partial charge in [-0.1, -0.05) is 30.3 Å². The maximum Gasteiger partial charge on any atom is 0.227 e. The Morgan fingerprint density at radius 2 is 1.88 bits per heavy atom. The van der Waals surface area contributed by atoms with Crippen LogP contribution in [0.5, 0.6) is 0 Å². The number of aryl methyl sites for hydroxylation is 1. The van der Waals surface area contributed by atoms with Crippen molar-refractivity contribution in [3.63, 3.8) is 0 Å². The molecule has 2 saturated heterocycles. The molecule has 1 aromatic heterocycles. The Balaban J connectivity index is 1.41. The molecule has 2 aliphatic heterocycles. The summed E-state index contributed by atoms with van der Waals surface area (Å²) in [6, 6.07) is 14.6. The fourth-order valence-corrected chi connectivity index (χ4v) is 4.39. The van der Waals surface area contributed by atoms with Crippen molar-refractivity contribution in [3.05, 3.63) is 66.0 Å². The lowest BCUT2D eigenvalue weighted by Gasteiger charge is -2.29. The van der Waals surface area contributed by atoms with Crippen LogP contribution in [-0.2, 0) is 17.8 Å². The van der Waals surface area contributed by atoms with Crippen LogP contribution in [0.2, 0.25) is 0 Å². The molecule has 1 amide bonds. The molecule has 2 aliphatic rings.